The van der Waals surface area contributed by atoms with Crippen LogP contribution in [-0.2, 0) is 11.0 Å². The lowest BCUT2D eigenvalue weighted by molar-refractivity contribution is -0.138. The summed E-state index contributed by atoms with van der Waals surface area (Å²) in [5, 5.41) is 12.8. The van der Waals surface area contributed by atoms with Crippen molar-refractivity contribution >= 4 is 5.91 Å². The smallest absolute Gasteiger partial charge is 0.392 e. The Morgan fingerprint density at radius 2 is 2.00 bits per heavy atom. The Labute approximate surface area is 145 Å². The van der Waals surface area contributed by atoms with Crippen LogP contribution in [0.25, 0.3) is 0 Å². The van der Waals surface area contributed by atoms with Crippen molar-refractivity contribution in [2.75, 3.05) is 19.6 Å². The second-order valence-corrected chi connectivity index (χ2v) is 7.02. The monoisotopic (exact) mass is 356 g/mol. The average molecular weight is 356 g/mol. The molecule has 7 heteroatoms. The predicted molar refractivity (Wildman–Crippen MR) is 86.7 cm³/mol. The van der Waals surface area contributed by atoms with Crippen LogP contribution in [0.5, 0.6) is 0 Å². The van der Waals surface area contributed by atoms with Crippen LogP contribution < -0.4 is 5.32 Å². The van der Waals surface area contributed by atoms with Gasteiger partial charge in [0.2, 0.25) is 5.91 Å². The van der Waals surface area contributed by atoms with E-state index < -0.39 is 23.9 Å². The molecule has 2 atom stereocenters. The minimum Gasteiger partial charge on any atom is -0.392 e. The van der Waals surface area contributed by atoms with Crippen LogP contribution in [0.15, 0.2) is 24.3 Å². The number of amides is 1. The number of carbonyl (C=O) groups is 1. The molecular weight excluding hydrogens is 333 g/mol. The topological polar surface area (TPSA) is 52.6 Å². The SMILES string of the molecule is O=C(CN1C[C@@H](O)C[C@H]1c1ccccc1C(F)(F)F)NCC1CCC1. The fourth-order valence-electron chi connectivity index (χ4n) is 3.62. The normalized spacial score (nSPS) is 25.0. The molecule has 3 rings (SSSR count). The van der Waals surface area contributed by atoms with Crippen LogP contribution in [0.3, 0.4) is 0 Å². The molecule has 1 aromatic carbocycles. The lowest BCUT2D eigenvalue weighted by Gasteiger charge is -2.28. The number of aliphatic hydroxyl groups excluding tert-OH is 1. The van der Waals surface area contributed by atoms with Gasteiger partial charge in [0, 0.05) is 19.1 Å². The largest absolute Gasteiger partial charge is 0.416 e. The van der Waals surface area contributed by atoms with Gasteiger partial charge < -0.3 is 10.4 Å². The molecule has 1 aromatic rings. The van der Waals surface area contributed by atoms with Gasteiger partial charge in [0.1, 0.15) is 0 Å². The first-order chi connectivity index (χ1) is 11.8. The zero-order chi connectivity index (χ0) is 18.0. The van der Waals surface area contributed by atoms with E-state index in [0.717, 1.165) is 18.9 Å². The summed E-state index contributed by atoms with van der Waals surface area (Å²) >= 11 is 0. The maximum atomic E-state index is 13.3. The summed E-state index contributed by atoms with van der Waals surface area (Å²) in [4.78, 5) is 13.8. The van der Waals surface area contributed by atoms with Gasteiger partial charge in [0.05, 0.1) is 18.2 Å². The Kier molecular flexibility index (Phi) is 5.34. The minimum absolute atomic E-state index is 0.000633. The number of hydrogen-bond donors (Lipinski definition) is 2. The lowest BCUT2D eigenvalue weighted by Crippen LogP contribution is -2.40. The summed E-state index contributed by atoms with van der Waals surface area (Å²) in [7, 11) is 0. The summed E-state index contributed by atoms with van der Waals surface area (Å²) in [6.07, 6.45) is -1.57. The van der Waals surface area contributed by atoms with Crippen LogP contribution >= 0.6 is 0 Å². The van der Waals surface area contributed by atoms with Crippen LogP contribution in [0.4, 0.5) is 13.2 Å². The summed E-state index contributed by atoms with van der Waals surface area (Å²) in [5.41, 5.74) is -0.577. The van der Waals surface area contributed by atoms with Crippen molar-refractivity contribution < 1.29 is 23.1 Å². The number of carbonyl (C=O) groups excluding carboxylic acids is 1. The van der Waals surface area contributed by atoms with E-state index in [1.165, 1.54) is 18.6 Å². The number of likely N-dealkylation sites (tertiary alicyclic amines) is 1. The second kappa shape index (κ2) is 7.33. The zero-order valence-corrected chi connectivity index (χ0v) is 13.9. The molecule has 1 heterocycles. The van der Waals surface area contributed by atoms with Gasteiger partial charge >= 0.3 is 6.18 Å². The molecule has 1 amide bonds. The van der Waals surface area contributed by atoms with Crippen molar-refractivity contribution in [3.63, 3.8) is 0 Å². The first kappa shape index (κ1) is 18.2. The molecule has 0 bridgehead atoms. The van der Waals surface area contributed by atoms with Crippen molar-refractivity contribution in [3.8, 4) is 0 Å². The van der Waals surface area contributed by atoms with E-state index in [-0.39, 0.29) is 31.0 Å². The van der Waals surface area contributed by atoms with Crippen molar-refractivity contribution in [3.05, 3.63) is 35.4 Å². The highest BCUT2D eigenvalue weighted by Gasteiger charge is 2.40. The summed E-state index contributed by atoms with van der Waals surface area (Å²) in [5.74, 6) is 0.324. The van der Waals surface area contributed by atoms with E-state index in [1.54, 1.807) is 11.0 Å². The van der Waals surface area contributed by atoms with Gasteiger partial charge in [-0.3, -0.25) is 9.69 Å². The molecule has 1 aliphatic carbocycles. The first-order valence-corrected chi connectivity index (χ1v) is 8.69. The summed E-state index contributed by atoms with van der Waals surface area (Å²) in [6.45, 7) is 0.827. The van der Waals surface area contributed by atoms with Crippen molar-refractivity contribution in [2.45, 2.75) is 44.0 Å². The third-order valence-electron chi connectivity index (χ3n) is 5.17. The maximum Gasteiger partial charge on any atom is 0.416 e. The van der Waals surface area contributed by atoms with E-state index in [0.29, 0.717) is 12.5 Å². The van der Waals surface area contributed by atoms with Gasteiger partial charge in [0.15, 0.2) is 0 Å². The second-order valence-electron chi connectivity index (χ2n) is 7.02. The molecule has 0 spiro atoms. The molecule has 138 valence electrons. The molecule has 0 aromatic heterocycles. The quantitative estimate of drug-likeness (QED) is 0.853. The van der Waals surface area contributed by atoms with Gasteiger partial charge in [-0.2, -0.15) is 13.2 Å². The van der Waals surface area contributed by atoms with Gasteiger partial charge in [0.25, 0.3) is 0 Å². The number of aliphatic hydroxyl groups is 1. The maximum absolute atomic E-state index is 13.3. The van der Waals surface area contributed by atoms with Gasteiger partial charge in [-0.25, -0.2) is 0 Å². The molecule has 2 aliphatic rings. The van der Waals surface area contributed by atoms with Crippen LogP contribution in [-0.4, -0.2) is 41.7 Å². The minimum atomic E-state index is -4.46. The molecule has 0 radical (unpaired) electrons. The van der Waals surface area contributed by atoms with Crippen molar-refractivity contribution in [2.24, 2.45) is 5.92 Å². The van der Waals surface area contributed by atoms with Gasteiger partial charge in [-0.1, -0.05) is 24.6 Å². The summed E-state index contributed by atoms with van der Waals surface area (Å²) in [6, 6.07) is 4.79. The Hall–Kier alpha value is -1.60. The van der Waals surface area contributed by atoms with E-state index in [1.807, 2.05) is 0 Å². The molecule has 25 heavy (non-hydrogen) atoms. The number of benzene rings is 1. The van der Waals surface area contributed by atoms with Gasteiger partial charge in [-0.15, -0.1) is 0 Å². The Balaban J connectivity index is 1.70. The number of alkyl halides is 3. The van der Waals surface area contributed by atoms with Gasteiger partial charge in [-0.05, 0) is 36.8 Å². The summed E-state index contributed by atoms with van der Waals surface area (Å²) < 4.78 is 39.8. The fraction of sp³-hybridized carbons (Fsp3) is 0.611. The van der Waals surface area contributed by atoms with Crippen LogP contribution in [0.2, 0.25) is 0 Å². The highest BCUT2D eigenvalue weighted by molar-refractivity contribution is 5.78. The van der Waals surface area contributed by atoms with E-state index >= 15 is 0 Å². The highest BCUT2D eigenvalue weighted by Crippen LogP contribution is 2.40. The molecule has 4 nitrogen and oxygen atoms in total. The number of β-amino-alcohol motifs (C(OH)–C–C–N with tert-alkyl or cyclic N) is 1. The Morgan fingerprint density at radius 3 is 2.64 bits per heavy atom. The Morgan fingerprint density at radius 1 is 1.28 bits per heavy atom. The predicted octanol–water partition coefficient (Wildman–Crippen LogP) is 2.73. The highest BCUT2D eigenvalue weighted by atomic mass is 19.4. The average Bonchev–Trinajstić information content (AvgIpc) is 2.85. The van der Waals surface area contributed by atoms with Crippen LogP contribution in [0, 0.1) is 5.92 Å². The van der Waals surface area contributed by atoms with Crippen LogP contribution in [0.1, 0.15) is 42.9 Å². The Bertz CT molecular complexity index is 617. The lowest BCUT2D eigenvalue weighted by atomic mass is 9.85. The molecule has 1 saturated heterocycles. The van der Waals surface area contributed by atoms with Crippen molar-refractivity contribution in [1.82, 2.24) is 10.2 Å². The standard InChI is InChI=1S/C18H23F3N2O2/c19-18(20,21)15-7-2-1-6-14(15)16-8-13(24)10-23(16)11-17(25)22-9-12-4-3-5-12/h1-2,6-7,12-13,16,24H,3-5,8-11H2,(H,22,25)/t13-,16-/m0/s1. The zero-order valence-electron chi connectivity index (χ0n) is 13.9. The number of nitrogens with zero attached hydrogens (tertiary/aromatic N) is 1. The third kappa shape index (κ3) is 4.33. The third-order valence-corrected chi connectivity index (χ3v) is 5.17. The molecule has 1 saturated carbocycles. The fourth-order valence-corrected chi connectivity index (χ4v) is 3.62. The molecule has 0 unspecified atom stereocenters. The number of halogens is 3. The van der Waals surface area contributed by atoms with E-state index in [4.69, 9.17) is 0 Å². The number of rotatable bonds is 5. The number of hydrogen-bond acceptors (Lipinski definition) is 3. The van der Waals surface area contributed by atoms with E-state index in [2.05, 4.69) is 5.32 Å². The first-order valence-electron chi connectivity index (χ1n) is 8.69. The molecule has 2 N–H and O–H groups in total. The molecule has 1 aliphatic heterocycles. The number of nitrogens with one attached hydrogen (secondary N) is 1. The molecular formula is C18H23F3N2O2. The van der Waals surface area contributed by atoms with E-state index in [9.17, 15) is 23.1 Å². The van der Waals surface area contributed by atoms with Crippen molar-refractivity contribution in [1.29, 1.82) is 0 Å². The molecule has 2 fully saturated rings.